The molecule has 0 bridgehead atoms. The lowest BCUT2D eigenvalue weighted by Gasteiger charge is -2.01. The molecule has 18 heavy (non-hydrogen) atoms. The van der Waals surface area contributed by atoms with Gasteiger partial charge in [0.25, 0.3) is 0 Å². The van der Waals surface area contributed by atoms with E-state index in [4.69, 9.17) is 46.4 Å². The first-order valence-corrected chi connectivity index (χ1v) is 6.65. The number of benzene rings is 2. The lowest BCUT2D eigenvalue weighted by molar-refractivity contribution is 1.64. The molecule has 0 saturated heterocycles. The molecule has 0 fully saturated rings. The van der Waals surface area contributed by atoms with Gasteiger partial charge in [0.05, 0.1) is 0 Å². The summed E-state index contributed by atoms with van der Waals surface area (Å²) in [7, 11) is 0. The highest BCUT2D eigenvalue weighted by Crippen LogP contribution is 2.25. The van der Waals surface area contributed by atoms with Crippen LogP contribution in [-0.2, 0) is 0 Å². The largest absolute Gasteiger partial charge is 0.0843 e. The third kappa shape index (κ3) is 3.43. The van der Waals surface area contributed by atoms with Crippen molar-refractivity contribution >= 4 is 58.6 Å². The molecule has 0 aliphatic heterocycles. The average Bonchev–Trinajstić information content (AvgIpc) is 2.30. The summed E-state index contributed by atoms with van der Waals surface area (Å²) in [5, 5.41) is 2.43. The zero-order valence-corrected chi connectivity index (χ0v) is 12.2. The van der Waals surface area contributed by atoms with Gasteiger partial charge in [-0.3, -0.25) is 0 Å². The minimum atomic E-state index is 0.601. The van der Waals surface area contributed by atoms with Crippen LogP contribution in [0.4, 0.5) is 0 Å². The van der Waals surface area contributed by atoms with Gasteiger partial charge in [-0.1, -0.05) is 70.7 Å². The zero-order chi connectivity index (χ0) is 13.1. The van der Waals surface area contributed by atoms with Gasteiger partial charge in [-0.2, -0.15) is 0 Å². The van der Waals surface area contributed by atoms with E-state index in [-0.39, 0.29) is 0 Å². The van der Waals surface area contributed by atoms with Crippen LogP contribution in [0.3, 0.4) is 0 Å². The molecule has 0 saturated carbocycles. The monoisotopic (exact) mass is 316 g/mol. The van der Waals surface area contributed by atoms with Crippen molar-refractivity contribution in [2.75, 3.05) is 0 Å². The Balaban J connectivity index is 2.30. The van der Waals surface area contributed by atoms with Crippen LogP contribution in [0, 0.1) is 0 Å². The molecule has 0 aliphatic carbocycles. The molecule has 0 spiro atoms. The van der Waals surface area contributed by atoms with E-state index in [2.05, 4.69) is 0 Å². The molecular formula is C14H8Cl4. The minimum absolute atomic E-state index is 0.601. The van der Waals surface area contributed by atoms with E-state index in [0.29, 0.717) is 20.1 Å². The standard InChI is InChI=1S/C14H8Cl4/c15-11-5-3-9(13(17)7-11)1-2-10-4-6-12(16)8-14(10)18/h1-8H/b2-1+. The summed E-state index contributed by atoms with van der Waals surface area (Å²) < 4.78 is 0. The highest BCUT2D eigenvalue weighted by atomic mass is 35.5. The summed E-state index contributed by atoms with van der Waals surface area (Å²) in [5.74, 6) is 0. The molecule has 0 N–H and O–H groups in total. The normalized spacial score (nSPS) is 11.1. The smallest absolute Gasteiger partial charge is 0.0493 e. The van der Waals surface area contributed by atoms with E-state index >= 15 is 0 Å². The van der Waals surface area contributed by atoms with E-state index in [0.717, 1.165) is 11.1 Å². The lowest BCUT2D eigenvalue weighted by atomic mass is 10.1. The summed E-state index contributed by atoms with van der Waals surface area (Å²) in [4.78, 5) is 0. The van der Waals surface area contributed by atoms with Gasteiger partial charge >= 0.3 is 0 Å². The first-order valence-electron chi connectivity index (χ1n) is 5.14. The van der Waals surface area contributed by atoms with Crippen molar-refractivity contribution in [3.05, 3.63) is 67.6 Å². The molecule has 2 aromatic carbocycles. The van der Waals surface area contributed by atoms with Gasteiger partial charge in [0.1, 0.15) is 0 Å². The third-order valence-corrected chi connectivity index (χ3v) is 3.49. The molecule has 4 heteroatoms. The Morgan fingerprint density at radius 2 is 1.00 bits per heavy atom. The summed E-state index contributed by atoms with van der Waals surface area (Å²) in [6.07, 6.45) is 3.77. The maximum atomic E-state index is 6.07. The molecule has 0 nitrogen and oxygen atoms in total. The summed E-state index contributed by atoms with van der Waals surface area (Å²) >= 11 is 23.8. The third-order valence-electron chi connectivity index (χ3n) is 2.37. The van der Waals surface area contributed by atoms with Gasteiger partial charge < -0.3 is 0 Å². The van der Waals surface area contributed by atoms with Gasteiger partial charge in [-0.25, -0.2) is 0 Å². The van der Waals surface area contributed by atoms with Gasteiger partial charge in [0, 0.05) is 20.1 Å². The molecule has 0 amide bonds. The van der Waals surface area contributed by atoms with E-state index in [1.54, 1.807) is 24.3 Å². The molecule has 0 radical (unpaired) electrons. The Kier molecular flexibility index (Phi) is 4.58. The highest BCUT2D eigenvalue weighted by Gasteiger charge is 2.00. The predicted molar refractivity (Wildman–Crippen MR) is 81.9 cm³/mol. The van der Waals surface area contributed by atoms with Crippen LogP contribution in [0.25, 0.3) is 12.2 Å². The van der Waals surface area contributed by atoms with Gasteiger partial charge in [0.15, 0.2) is 0 Å². The predicted octanol–water partition coefficient (Wildman–Crippen LogP) is 6.47. The van der Waals surface area contributed by atoms with Crippen LogP contribution in [0.2, 0.25) is 20.1 Å². The number of halogens is 4. The highest BCUT2D eigenvalue weighted by molar-refractivity contribution is 6.36. The van der Waals surface area contributed by atoms with Crippen LogP contribution in [0.5, 0.6) is 0 Å². The second-order valence-corrected chi connectivity index (χ2v) is 5.35. The number of hydrogen-bond donors (Lipinski definition) is 0. The Morgan fingerprint density at radius 3 is 1.33 bits per heavy atom. The maximum absolute atomic E-state index is 6.07. The number of hydrogen-bond acceptors (Lipinski definition) is 0. The Labute approximate surface area is 126 Å². The van der Waals surface area contributed by atoms with E-state index in [1.165, 1.54) is 0 Å². The Bertz CT molecular complexity index is 549. The van der Waals surface area contributed by atoms with Crippen LogP contribution < -0.4 is 0 Å². The molecule has 0 aliphatic rings. The molecule has 0 heterocycles. The van der Waals surface area contributed by atoms with Crippen LogP contribution >= 0.6 is 46.4 Å². The number of rotatable bonds is 2. The van der Waals surface area contributed by atoms with Crippen molar-refractivity contribution in [2.45, 2.75) is 0 Å². The summed E-state index contributed by atoms with van der Waals surface area (Å²) in [6.45, 7) is 0. The van der Waals surface area contributed by atoms with Gasteiger partial charge in [0.2, 0.25) is 0 Å². The molecular weight excluding hydrogens is 310 g/mol. The van der Waals surface area contributed by atoms with Crippen molar-refractivity contribution in [1.29, 1.82) is 0 Å². The maximum Gasteiger partial charge on any atom is 0.0493 e. The molecule has 2 rings (SSSR count). The Morgan fingerprint density at radius 1 is 0.611 bits per heavy atom. The fourth-order valence-electron chi connectivity index (χ4n) is 1.45. The van der Waals surface area contributed by atoms with Crippen molar-refractivity contribution < 1.29 is 0 Å². The zero-order valence-electron chi connectivity index (χ0n) is 9.13. The van der Waals surface area contributed by atoms with Crippen molar-refractivity contribution in [1.82, 2.24) is 0 Å². The van der Waals surface area contributed by atoms with Gasteiger partial charge in [-0.15, -0.1) is 0 Å². The van der Waals surface area contributed by atoms with Crippen molar-refractivity contribution in [2.24, 2.45) is 0 Å². The quantitative estimate of drug-likeness (QED) is 0.557. The van der Waals surface area contributed by atoms with Crippen LogP contribution in [-0.4, -0.2) is 0 Å². The van der Waals surface area contributed by atoms with Crippen molar-refractivity contribution in [3.8, 4) is 0 Å². The fourth-order valence-corrected chi connectivity index (χ4v) is 2.40. The molecule has 2 aromatic rings. The lowest BCUT2D eigenvalue weighted by Crippen LogP contribution is -1.77. The molecule has 92 valence electrons. The first kappa shape index (κ1) is 13.8. The van der Waals surface area contributed by atoms with Crippen molar-refractivity contribution in [3.63, 3.8) is 0 Å². The minimum Gasteiger partial charge on any atom is -0.0843 e. The van der Waals surface area contributed by atoms with E-state index in [9.17, 15) is 0 Å². The van der Waals surface area contributed by atoms with Crippen LogP contribution in [0.15, 0.2) is 36.4 Å². The topological polar surface area (TPSA) is 0 Å². The summed E-state index contributed by atoms with van der Waals surface area (Å²) in [6, 6.07) is 10.7. The van der Waals surface area contributed by atoms with E-state index < -0.39 is 0 Å². The van der Waals surface area contributed by atoms with Crippen LogP contribution in [0.1, 0.15) is 11.1 Å². The SMILES string of the molecule is Clc1ccc(/C=C/c2ccc(Cl)cc2Cl)c(Cl)c1. The average molecular weight is 318 g/mol. The van der Waals surface area contributed by atoms with E-state index in [1.807, 2.05) is 24.3 Å². The molecule has 0 unspecified atom stereocenters. The summed E-state index contributed by atoms with van der Waals surface area (Å²) in [5.41, 5.74) is 1.76. The second-order valence-electron chi connectivity index (χ2n) is 3.67. The molecule has 0 atom stereocenters. The fraction of sp³-hybridized carbons (Fsp3) is 0. The molecule has 0 aromatic heterocycles. The van der Waals surface area contributed by atoms with Gasteiger partial charge in [-0.05, 0) is 35.4 Å². The Hall–Kier alpha value is -0.660. The first-order chi connectivity index (χ1) is 8.56. The second kappa shape index (κ2) is 5.99.